The summed E-state index contributed by atoms with van der Waals surface area (Å²) in [6.45, 7) is 11.0. The van der Waals surface area contributed by atoms with Gasteiger partial charge in [0.2, 0.25) is 0 Å². The van der Waals surface area contributed by atoms with Crippen LogP contribution in [0.4, 0.5) is 0 Å². The van der Waals surface area contributed by atoms with E-state index in [-0.39, 0.29) is 24.0 Å². The predicted octanol–water partition coefficient (Wildman–Crippen LogP) is 4.43. The number of methoxy groups -OCH3 is 1. The molecule has 2 rings (SSSR count). The van der Waals surface area contributed by atoms with Gasteiger partial charge in [-0.05, 0) is 44.9 Å². The molecule has 0 radical (unpaired) electrons. The molecule has 0 unspecified atom stereocenters. The highest BCUT2D eigenvalue weighted by atomic mass is 127. The van der Waals surface area contributed by atoms with Gasteiger partial charge in [0.05, 0.1) is 37.5 Å². The molecule has 0 bridgehead atoms. The highest BCUT2D eigenvalue weighted by molar-refractivity contribution is 14.0. The van der Waals surface area contributed by atoms with E-state index in [2.05, 4.69) is 34.5 Å². The average Bonchev–Trinajstić information content (AvgIpc) is 2.99. The molecule has 156 valence electrons. The molecule has 0 aliphatic carbocycles. The molecule has 6 nitrogen and oxygen atoms in total. The smallest absolute Gasteiger partial charge is 0.191 e. The van der Waals surface area contributed by atoms with Crippen LogP contribution in [0, 0.1) is 13.8 Å². The lowest BCUT2D eigenvalue weighted by atomic mass is 10.2. The Morgan fingerprint density at radius 3 is 2.57 bits per heavy atom. The summed E-state index contributed by atoms with van der Waals surface area (Å²) in [6.07, 6.45) is 0.964. The number of halogens is 1. The summed E-state index contributed by atoms with van der Waals surface area (Å²) in [5, 5.41) is 7.75. The number of aromatic nitrogens is 1. The summed E-state index contributed by atoms with van der Waals surface area (Å²) in [5.74, 6) is 2.30. The molecule has 0 aliphatic heterocycles. The lowest BCUT2D eigenvalue weighted by Gasteiger charge is -2.12. The molecule has 2 N–H and O–H groups in total. The van der Waals surface area contributed by atoms with Crippen LogP contribution in [-0.4, -0.2) is 31.2 Å². The van der Waals surface area contributed by atoms with Crippen LogP contribution in [0.15, 0.2) is 23.2 Å². The Morgan fingerprint density at radius 2 is 1.96 bits per heavy atom. The van der Waals surface area contributed by atoms with Crippen molar-refractivity contribution >= 4 is 41.3 Å². The van der Waals surface area contributed by atoms with Gasteiger partial charge in [-0.2, -0.15) is 0 Å². The Bertz CT molecular complexity index is 765. The third-order valence-electron chi connectivity index (χ3n) is 3.87. The number of aliphatic imine (C=N–C) groups is 1. The Balaban J connectivity index is 0.00000392. The largest absolute Gasteiger partial charge is 0.493 e. The van der Waals surface area contributed by atoms with E-state index in [0.29, 0.717) is 13.2 Å². The maximum atomic E-state index is 5.71. The molecule has 0 amide bonds. The molecule has 2 aromatic rings. The van der Waals surface area contributed by atoms with Crippen molar-refractivity contribution in [3.8, 4) is 11.5 Å². The van der Waals surface area contributed by atoms with Crippen molar-refractivity contribution < 1.29 is 9.47 Å². The summed E-state index contributed by atoms with van der Waals surface area (Å²) >= 11 is 1.72. The number of nitrogens with one attached hydrogen (secondary N) is 2. The summed E-state index contributed by atoms with van der Waals surface area (Å²) in [7, 11) is 1.66. The Labute approximate surface area is 189 Å². The number of rotatable bonds is 9. The summed E-state index contributed by atoms with van der Waals surface area (Å²) in [4.78, 5) is 10.4. The molecule has 8 heteroatoms. The minimum absolute atomic E-state index is 0. The number of hydrogen-bond acceptors (Lipinski definition) is 5. The van der Waals surface area contributed by atoms with Gasteiger partial charge in [0.25, 0.3) is 0 Å². The molecule has 1 heterocycles. The van der Waals surface area contributed by atoms with E-state index in [1.165, 1.54) is 4.88 Å². The Hall–Kier alpha value is -1.55. The highest BCUT2D eigenvalue weighted by Crippen LogP contribution is 2.28. The highest BCUT2D eigenvalue weighted by Gasteiger charge is 2.08. The SMILES string of the molecule is CCCOc1ccc(CN=C(NCC)NCc2sc(C)nc2C)cc1OC.I. The second-order valence-electron chi connectivity index (χ2n) is 6.12. The van der Waals surface area contributed by atoms with E-state index < -0.39 is 0 Å². The molecule has 0 spiro atoms. The second kappa shape index (κ2) is 12.8. The molecular formula is C20H31IN4O2S. The standard InChI is InChI=1S/C20H30N4O2S.HI/c1-6-10-26-17-9-8-16(11-18(17)25-5)12-22-20(21-7-2)23-13-19-14(3)24-15(4)27-19;/h8-9,11H,6-7,10,12-13H2,1-5H3,(H2,21,22,23);1H. The van der Waals surface area contributed by atoms with Gasteiger partial charge in [-0.15, -0.1) is 35.3 Å². The summed E-state index contributed by atoms with van der Waals surface area (Å²) in [6, 6.07) is 5.95. The van der Waals surface area contributed by atoms with Crippen LogP contribution in [0.5, 0.6) is 11.5 Å². The van der Waals surface area contributed by atoms with E-state index in [1.54, 1.807) is 18.4 Å². The average molecular weight is 518 g/mol. The fourth-order valence-corrected chi connectivity index (χ4v) is 3.43. The molecule has 1 aromatic heterocycles. The third-order valence-corrected chi connectivity index (χ3v) is 4.94. The summed E-state index contributed by atoms with van der Waals surface area (Å²) in [5.41, 5.74) is 2.14. The van der Waals surface area contributed by atoms with Gasteiger partial charge >= 0.3 is 0 Å². The van der Waals surface area contributed by atoms with E-state index in [4.69, 9.17) is 9.47 Å². The van der Waals surface area contributed by atoms with Crippen LogP contribution in [0.2, 0.25) is 0 Å². The monoisotopic (exact) mass is 518 g/mol. The van der Waals surface area contributed by atoms with Crippen molar-refractivity contribution in [3.05, 3.63) is 39.3 Å². The van der Waals surface area contributed by atoms with Gasteiger partial charge in [0, 0.05) is 11.4 Å². The van der Waals surface area contributed by atoms with Gasteiger partial charge in [-0.3, -0.25) is 0 Å². The van der Waals surface area contributed by atoms with E-state index in [0.717, 1.165) is 53.2 Å². The van der Waals surface area contributed by atoms with Crippen molar-refractivity contribution in [1.82, 2.24) is 15.6 Å². The molecule has 0 saturated carbocycles. The van der Waals surface area contributed by atoms with Crippen molar-refractivity contribution in [2.75, 3.05) is 20.3 Å². The molecule has 1 aromatic carbocycles. The maximum Gasteiger partial charge on any atom is 0.191 e. The first kappa shape index (κ1) is 24.5. The fraction of sp³-hybridized carbons (Fsp3) is 0.500. The molecule has 28 heavy (non-hydrogen) atoms. The third kappa shape index (κ3) is 7.46. The van der Waals surface area contributed by atoms with E-state index in [1.807, 2.05) is 32.0 Å². The molecule has 0 atom stereocenters. The van der Waals surface area contributed by atoms with Crippen LogP contribution in [0.1, 0.15) is 41.4 Å². The summed E-state index contributed by atoms with van der Waals surface area (Å²) < 4.78 is 11.2. The lowest BCUT2D eigenvalue weighted by molar-refractivity contribution is 0.294. The molecule has 0 fully saturated rings. The van der Waals surface area contributed by atoms with Crippen molar-refractivity contribution in [2.45, 2.75) is 47.2 Å². The first-order valence-corrected chi connectivity index (χ1v) is 10.1. The van der Waals surface area contributed by atoms with Crippen molar-refractivity contribution in [1.29, 1.82) is 0 Å². The number of nitrogens with zero attached hydrogens (tertiary/aromatic N) is 2. The topological polar surface area (TPSA) is 67.8 Å². The quantitative estimate of drug-likeness (QED) is 0.292. The van der Waals surface area contributed by atoms with Gasteiger partial charge in [-0.1, -0.05) is 13.0 Å². The minimum atomic E-state index is 0. The van der Waals surface area contributed by atoms with Gasteiger partial charge in [0.1, 0.15) is 0 Å². The van der Waals surface area contributed by atoms with Crippen LogP contribution in [0.25, 0.3) is 0 Å². The van der Waals surface area contributed by atoms with Gasteiger partial charge in [0.15, 0.2) is 17.5 Å². The number of ether oxygens (including phenoxy) is 2. The number of guanidine groups is 1. The minimum Gasteiger partial charge on any atom is -0.493 e. The van der Waals surface area contributed by atoms with Crippen LogP contribution >= 0.6 is 35.3 Å². The Kier molecular flexibility index (Phi) is 11.2. The van der Waals surface area contributed by atoms with E-state index in [9.17, 15) is 0 Å². The van der Waals surface area contributed by atoms with Crippen LogP contribution in [0.3, 0.4) is 0 Å². The fourth-order valence-electron chi connectivity index (χ4n) is 2.56. The van der Waals surface area contributed by atoms with E-state index >= 15 is 0 Å². The zero-order valence-corrected chi connectivity index (χ0v) is 20.4. The van der Waals surface area contributed by atoms with Crippen LogP contribution < -0.4 is 20.1 Å². The first-order chi connectivity index (χ1) is 13.1. The zero-order chi connectivity index (χ0) is 19.6. The normalized spacial score (nSPS) is 11.0. The lowest BCUT2D eigenvalue weighted by Crippen LogP contribution is -2.36. The number of aryl methyl sites for hydroxylation is 2. The number of benzene rings is 1. The predicted molar refractivity (Wildman–Crippen MR) is 127 cm³/mol. The molecule has 0 saturated heterocycles. The van der Waals surface area contributed by atoms with Crippen molar-refractivity contribution in [2.24, 2.45) is 4.99 Å². The Morgan fingerprint density at radius 1 is 1.18 bits per heavy atom. The van der Waals surface area contributed by atoms with Gasteiger partial charge in [-0.25, -0.2) is 9.98 Å². The first-order valence-electron chi connectivity index (χ1n) is 9.32. The number of thiazole rings is 1. The molecular weight excluding hydrogens is 487 g/mol. The van der Waals surface area contributed by atoms with Gasteiger partial charge < -0.3 is 20.1 Å². The number of hydrogen-bond donors (Lipinski definition) is 2. The zero-order valence-electron chi connectivity index (χ0n) is 17.3. The molecule has 0 aliphatic rings. The van der Waals surface area contributed by atoms with Crippen LogP contribution in [-0.2, 0) is 13.1 Å². The van der Waals surface area contributed by atoms with Crippen molar-refractivity contribution in [3.63, 3.8) is 0 Å². The second-order valence-corrected chi connectivity index (χ2v) is 7.41. The maximum absolute atomic E-state index is 5.71.